The van der Waals surface area contributed by atoms with E-state index in [9.17, 15) is 4.79 Å². The van der Waals surface area contributed by atoms with E-state index in [1.807, 2.05) is 0 Å². The van der Waals surface area contributed by atoms with E-state index in [0.29, 0.717) is 17.6 Å². The molecule has 0 bridgehead atoms. The number of carbonyl (C=O) groups is 1. The molecule has 0 saturated carbocycles. The van der Waals surface area contributed by atoms with Crippen LogP contribution in [-0.4, -0.2) is 5.78 Å². The van der Waals surface area contributed by atoms with Crippen molar-refractivity contribution in [1.29, 1.82) is 0 Å². The molecule has 0 fully saturated rings. The molecule has 0 aliphatic carbocycles. The van der Waals surface area contributed by atoms with E-state index in [1.165, 1.54) is 0 Å². The summed E-state index contributed by atoms with van der Waals surface area (Å²) in [5.41, 5.74) is 0. The molecule has 70 valence electrons. The zero-order valence-corrected chi connectivity index (χ0v) is 9.65. The van der Waals surface area contributed by atoms with Crippen molar-refractivity contribution in [3.63, 3.8) is 0 Å². The minimum atomic E-state index is 0.416. The number of hydrogen-bond donors (Lipinski definition) is 0. The predicted molar refractivity (Wildman–Crippen MR) is 43.1 cm³/mol. The van der Waals surface area contributed by atoms with Crippen LogP contribution in [-0.2, 0) is 25.9 Å². The van der Waals surface area contributed by atoms with Gasteiger partial charge in [0.25, 0.3) is 0 Å². The minimum absolute atomic E-state index is 0.416. The topological polar surface area (TPSA) is 17.1 Å². The second-order valence-corrected chi connectivity index (χ2v) is 4.45. The van der Waals surface area contributed by atoms with E-state index >= 15 is 0 Å². The van der Waals surface area contributed by atoms with E-state index in [-0.39, 0.29) is 0 Å². The van der Waals surface area contributed by atoms with Crippen molar-refractivity contribution in [2.45, 2.75) is 38.3 Å². The van der Waals surface area contributed by atoms with Crippen molar-refractivity contribution in [3.8, 4) is 0 Å². The summed E-state index contributed by atoms with van der Waals surface area (Å²) < 4.78 is 1.06. The van der Waals surface area contributed by atoms with Gasteiger partial charge in [-0.05, 0) is 0 Å². The Kier molecular flexibility index (Phi) is 6.21. The summed E-state index contributed by atoms with van der Waals surface area (Å²) in [7, 11) is 0. The third-order valence-electron chi connectivity index (χ3n) is 1.42. The first-order valence-corrected chi connectivity index (χ1v) is 5.61. The summed E-state index contributed by atoms with van der Waals surface area (Å²) >= 11 is 2.50. The maximum atomic E-state index is 11.2. The molecule has 0 aromatic rings. The first-order valence-electron chi connectivity index (χ1n) is 4.08. The fourth-order valence-electron chi connectivity index (χ4n) is 0.971. The molecule has 1 unspecified atom stereocenters. The van der Waals surface area contributed by atoms with Gasteiger partial charge < -0.3 is 0 Å². The molecule has 0 heterocycles. The van der Waals surface area contributed by atoms with Crippen molar-refractivity contribution < 1.29 is 25.9 Å². The summed E-state index contributed by atoms with van der Waals surface area (Å²) in [5, 5.41) is 0. The van der Waals surface area contributed by atoms with Gasteiger partial charge in [-0.2, -0.15) is 0 Å². The Labute approximate surface area is 81.9 Å². The molecular formula is C9H17AuO. The zero-order chi connectivity index (χ0) is 8.85. The molecule has 0 radical (unpaired) electrons. The summed E-state index contributed by atoms with van der Waals surface area (Å²) in [6.45, 7) is 6.30. The Morgan fingerprint density at radius 3 is 2.18 bits per heavy atom. The molecule has 11 heavy (non-hydrogen) atoms. The summed E-state index contributed by atoms with van der Waals surface area (Å²) in [6.07, 6.45) is 1.51. The fraction of sp³-hybridized carbons (Fsp3) is 0.889. The van der Waals surface area contributed by atoms with Gasteiger partial charge >= 0.3 is 81.7 Å². The summed E-state index contributed by atoms with van der Waals surface area (Å²) in [4.78, 5) is 11.2. The third-order valence-corrected chi connectivity index (χ3v) is 2.93. The molecule has 1 atom stereocenters. The molecule has 0 spiro atoms. The van der Waals surface area contributed by atoms with Gasteiger partial charge in [0.2, 0.25) is 0 Å². The van der Waals surface area contributed by atoms with E-state index in [0.717, 1.165) is 17.5 Å². The number of carbonyl (C=O) groups excluding carboxylic acids is 1. The average molecular weight is 338 g/mol. The number of ketones is 1. The Bertz CT molecular complexity index is 121. The Morgan fingerprint density at radius 2 is 1.82 bits per heavy atom. The molecule has 0 rings (SSSR count). The van der Waals surface area contributed by atoms with E-state index in [4.69, 9.17) is 0 Å². The van der Waals surface area contributed by atoms with Crippen molar-refractivity contribution >= 4 is 5.78 Å². The van der Waals surface area contributed by atoms with Gasteiger partial charge in [0.05, 0.1) is 0 Å². The fourth-order valence-corrected chi connectivity index (χ4v) is 1.28. The van der Waals surface area contributed by atoms with Crippen LogP contribution in [0.5, 0.6) is 0 Å². The van der Waals surface area contributed by atoms with Crippen LogP contribution in [0.15, 0.2) is 0 Å². The summed E-state index contributed by atoms with van der Waals surface area (Å²) in [5.74, 6) is 1.48. The van der Waals surface area contributed by atoms with Crippen LogP contribution in [0.1, 0.15) is 33.6 Å². The van der Waals surface area contributed by atoms with E-state index < -0.39 is 0 Å². The van der Waals surface area contributed by atoms with Crippen molar-refractivity contribution in [2.75, 3.05) is 0 Å². The van der Waals surface area contributed by atoms with Gasteiger partial charge in [-0.3, -0.25) is 0 Å². The average Bonchev–Trinajstić information content (AvgIpc) is 1.85. The van der Waals surface area contributed by atoms with Gasteiger partial charge in [0.15, 0.2) is 0 Å². The monoisotopic (exact) mass is 338 g/mol. The molecule has 0 amide bonds. The first kappa shape index (κ1) is 11.4. The molecule has 0 aliphatic heterocycles. The molecular weight excluding hydrogens is 321 g/mol. The number of rotatable bonds is 5. The molecule has 1 nitrogen and oxygen atoms in total. The SMILES string of the molecule is CC(C)CC(=O)CC(C)[CH2][Au]. The molecule has 0 N–H and O–H groups in total. The second kappa shape index (κ2) is 5.99. The maximum absolute atomic E-state index is 11.2. The normalized spacial score (nSPS) is 13.6. The van der Waals surface area contributed by atoms with Crippen LogP contribution in [0.2, 0.25) is 4.64 Å². The van der Waals surface area contributed by atoms with E-state index in [2.05, 4.69) is 41.8 Å². The molecule has 0 saturated heterocycles. The first-order chi connectivity index (χ1) is 5.06. The quantitative estimate of drug-likeness (QED) is 0.705. The molecule has 0 aromatic heterocycles. The van der Waals surface area contributed by atoms with Crippen LogP contribution < -0.4 is 0 Å². The third kappa shape index (κ3) is 6.79. The predicted octanol–water partition coefficient (Wildman–Crippen LogP) is 2.59. The van der Waals surface area contributed by atoms with Crippen molar-refractivity contribution in [1.82, 2.24) is 0 Å². The number of Topliss-reactive ketones (excluding diaryl/α,β-unsaturated/α-hetero) is 1. The Hall–Kier alpha value is 0.410. The van der Waals surface area contributed by atoms with Crippen LogP contribution in [0.4, 0.5) is 0 Å². The van der Waals surface area contributed by atoms with Crippen LogP contribution in [0.25, 0.3) is 0 Å². The van der Waals surface area contributed by atoms with Gasteiger partial charge in [-0.15, -0.1) is 0 Å². The van der Waals surface area contributed by atoms with E-state index in [1.54, 1.807) is 0 Å². The van der Waals surface area contributed by atoms with Crippen LogP contribution in [0.3, 0.4) is 0 Å². The van der Waals surface area contributed by atoms with Gasteiger partial charge in [0.1, 0.15) is 0 Å². The van der Waals surface area contributed by atoms with Crippen LogP contribution >= 0.6 is 0 Å². The van der Waals surface area contributed by atoms with Gasteiger partial charge in [-0.25, -0.2) is 0 Å². The Balaban J connectivity index is 3.52. The van der Waals surface area contributed by atoms with Crippen molar-refractivity contribution in [2.24, 2.45) is 11.8 Å². The standard InChI is InChI=1S/C9H17O.Au/c1-7(2)5-9(10)6-8(3)4;/h7-8H,1,5-6H2,2-4H3;. The van der Waals surface area contributed by atoms with Gasteiger partial charge in [-0.1, -0.05) is 0 Å². The van der Waals surface area contributed by atoms with Crippen molar-refractivity contribution in [3.05, 3.63) is 0 Å². The van der Waals surface area contributed by atoms with Gasteiger partial charge in [0, 0.05) is 0 Å². The molecule has 0 aliphatic rings. The summed E-state index contributed by atoms with van der Waals surface area (Å²) in [6, 6.07) is 0. The molecule has 2 heteroatoms. The molecule has 0 aromatic carbocycles. The Morgan fingerprint density at radius 1 is 1.27 bits per heavy atom. The van der Waals surface area contributed by atoms with Crippen LogP contribution in [0, 0.1) is 11.8 Å². The number of hydrogen-bond acceptors (Lipinski definition) is 1. The zero-order valence-electron chi connectivity index (χ0n) is 7.49. The second-order valence-electron chi connectivity index (χ2n) is 3.57.